The van der Waals surface area contributed by atoms with E-state index < -0.39 is 18.4 Å². The third-order valence-electron chi connectivity index (χ3n) is 4.78. The van der Waals surface area contributed by atoms with Gasteiger partial charge in [0.1, 0.15) is 0 Å². The molecule has 0 unspecified atom stereocenters. The molecule has 0 nitrogen and oxygen atoms in total. The molecule has 0 amide bonds. The molecule has 0 atom stereocenters. The van der Waals surface area contributed by atoms with Crippen molar-refractivity contribution in [2.45, 2.75) is 26.2 Å². The molecule has 25 heavy (non-hydrogen) atoms. The van der Waals surface area contributed by atoms with Gasteiger partial charge >= 0.3 is 156 Å². The molecular weight excluding hydrogens is 407 g/mol. The van der Waals surface area contributed by atoms with E-state index in [-0.39, 0.29) is 0 Å². The van der Waals surface area contributed by atoms with Crippen LogP contribution >= 0.6 is 0 Å². The second kappa shape index (κ2) is 9.05. The van der Waals surface area contributed by atoms with Crippen molar-refractivity contribution in [1.29, 1.82) is 0 Å². The van der Waals surface area contributed by atoms with Crippen LogP contribution in [0.15, 0.2) is 101 Å². The molecule has 3 aromatic rings. The molecule has 3 rings (SSSR count). The summed E-state index contributed by atoms with van der Waals surface area (Å²) in [6.07, 6.45) is 6.12. The number of allylic oxidation sites excluding steroid dienone is 1. The van der Waals surface area contributed by atoms with Gasteiger partial charge in [-0.05, 0) is 0 Å². The number of unbranched alkanes of at least 4 members (excludes halogenated alkanes) is 2. The number of rotatable bonds is 7. The molecule has 0 radical (unpaired) electrons. The molecule has 0 aromatic heterocycles. The molecule has 0 bridgehead atoms. The zero-order valence-corrected chi connectivity index (χ0v) is 17.8. The van der Waals surface area contributed by atoms with Gasteiger partial charge in [0.15, 0.2) is 0 Å². The Morgan fingerprint density at radius 2 is 1.04 bits per heavy atom. The van der Waals surface area contributed by atoms with Crippen molar-refractivity contribution in [3.8, 4) is 0 Å². The molecule has 0 spiro atoms. The van der Waals surface area contributed by atoms with Crippen molar-refractivity contribution >= 4 is 29.1 Å². The number of hydrogen-bond donors (Lipinski definition) is 0. The fraction of sp³-hybridized carbons (Fsp3) is 0.167. The second-order valence-corrected chi connectivity index (χ2v) is 17.0. The zero-order valence-electron chi connectivity index (χ0n) is 14.9. The molecule has 126 valence electrons. The monoisotopic (exact) mass is 434 g/mol. The van der Waals surface area contributed by atoms with E-state index in [1.807, 2.05) is 0 Å². The van der Waals surface area contributed by atoms with E-state index in [0.29, 0.717) is 0 Å². The fourth-order valence-corrected chi connectivity index (χ4v) is 15.6. The third-order valence-corrected chi connectivity index (χ3v) is 17.5. The first kappa shape index (κ1) is 18.0. The Morgan fingerprint density at radius 1 is 0.640 bits per heavy atom. The first-order valence-corrected chi connectivity index (χ1v) is 15.1. The summed E-state index contributed by atoms with van der Waals surface area (Å²) in [5.41, 5.74) is 0. The van der Waals surface area contributed by atoms with Gasteiger partial charge in [0.05, 0.1) is 0 Å². The van der Waals surface area contributed by atoms with Crippen LogP contribution in [0.25, 0.3) is 0 Å². The van der Waals surface area contributed by atoms with Crippen molar-refractivity contribution < 1.29 is 0 Å². The summed E-state index contributed by atoms with van der Waals surface area (Å²) in [5.74, 6) is 0. The van der Waals surface area contributed by atoms with Crippen molar-refractivity contribution in [2.24, 2.45) is 0 Å². The topological polar surface area (TPSA) is 0 Å². The quantitative estimate of drug-likeness (QED) is 0.382. The zero-order chi connectivity index (χ0) is 17.4. The van der Waals surface area contributed by atoms with Crippen molar-refractivity contribution in [3.05, 3.63) is 101 Å². The van der Waals surface area contributed by atoms with Gasteiger partial charge in [-0.25, -0.2) is 0 Å². The van der Waals surface area contributed by atoms with Crippen LogP contribution in [0.3, 0.4) is 0 Å². The minimum atomic E-state index is -3.13. The normalized spacial score (nSPS) is 11.7. The maximum absolute atomic E-state index is 3.13. The third kappa shape index (κ3) is 4.07. The summed E-state index contributed by atoms with van der Waals surface area (Å²) < 4.78 is 7.16. The Bertz CT molecular complexity index is 679. The van der Waals surface area contributed by atoms with Gasteiger partial charge in [0, 0.05) is 0 Å². The van der Waals surface area contributed by atoms with E-state index in [1.165, 1.54) is 30.0 Å². The average molecular weight is 433 g/mol. The molecule has 1 heteroatoms. The van der Waals surface area contributed by atoms with E-state index in [1.54, 1.807) is 0 Å². The maximum atomic E-state index is 2.62. The van der Waals surface area contributed by atoms with Crippen LogP contribution in [-0.4, -0.2) is 18.4 Å². The summed E-state index contributed by atoms with van der Waals surface area (Å²) in [6, 6.07) is 33.5. The molecule has 0 heterocycles. The standard InChI is InChI=1S/3C6H5.C6H11.Sn/c3*1-2-4-6-5-3-1;1-3-5-6-4-2;/h3*1-5H;1,3H,4-6H2,2H3;. The molecular formula is C24H26Sn. The van der Waals surface area contributed by atoms with E-state index in [4.69, 9.17) is 0 Å². The Balaban J connectivity index is 2.22. The van der Waals surface area contributed by atoms with Crippen molar-refractivity contribution in [1.82, 2.24) is 0 Å². The molecule has 0 aliphatic rings. The molecule has 0 saturated carbocycles. The van der Waals surface area contributed by atoms with Gasteiger partial charge in [-0.1, -0.05) is 0 Å². The van der Waals surface area contributed by atoms with Crippen LogP contribution in [0.2, 0.25) is 0 Å². The molecule has 0 N–H and O–H groups in total. The van der Waals surface area contributed by atoms with Gasteiger partial charge in [-0.15, -0.1) is 0 Å². The first-order valence-electron chi connectivity index (χ1n) is 9.22. The number of benzene rings is 3. The molecule has 0 fully saturated rings. The summed E-state index contributed by atoms with van der Waals surface area (Å²) >= 11 is -3.13. The summed E-state index contributed by atoms with van der Waals surface area (Å²) in [7, 11) is 0. The second-order valence-electron chi connectivity index (χ2n) is 6.45. The van der Waals surface area contributed by atoms with E-state index in [2.05, 4.69) is 108 Å². The Kier molecular flexibility index (Phi) is 6.52. The summed E-state index contributed by atoms with van der Waals surface area (Å²) in [6.45, 7) is 2.26. The van der Waals surface area contributed by atoms with E-state index in [0.717, 1.165) is 0 Å². The predicted molar refractivity (Wildman–Crippen MR) is 113 cm³/mol. The van der Waals surface area contributed by atoms with Gasteiger partial charge in [0.25, 0.3) is 0 Å². The molecule has 0 aliphatic carbocycles. The molecule has 0 aliphatic heterocycles. The SMILES string of the molecule is CCCC/C=[CH]\[Sn]([c]1ccccc1)([c]1ccccc1)[c]1ccccc1. The molecule has 0 saturated heterocycles. The van der Waals surface area contributed by atoms with Crippen LogP contribution in [0.4, 0.5) is 0 Å². The van der Waals surface area contributed by atoms with Crippen LogP contribution in [-0.2, 0) is 0 Å². The van der Waals surface area contributed by atoms with Gasteiger partial charge < -0.3 is 0 Å². The van der Waals surface area contributed by atoms with Gasteiger partial charge in [-0.3, -0.25) is 0 Å². The Morgan fingerprint density at radius 3 is 1.40 bits per heavy atom. The van der Waals surface area contributed by atoms with Gasteiger partial charge in [0.2, 0.25) is 0 Å². The van der Waals surface area contributed by atoms with Crippen LogP contribution < -0.4 is 10.7 Å². The Hall–Kier alpha value is -1.80. The van der Waals surface area contributed by atoms with E-state index in [9.17, 15) is 0 Å². The average Bonchev–Trinajstić information content (AvgIpc) is 2.70. The van der Waals surface area contributed by atoms with Crippen molar-refractivity contribution in [3.63, 3.8) is 0 Å². The van der Waals surface area contributed by atoms with Crippen LogP contribution in [0.5, 0.6) is 0 Å². The van der Waals surface area contributed by atoms with E-state index >= 15 is 0 Å². The van der Waals surface area contributed by atoms with Gasteiger partial charge in [-0.2, -0.15) is 0 Å². The Labute approximate surface area is 156 Å². The molecule has 3 aromatic carbocycles. The fourth-order valence-electron chi connectivity index (χ4n) is 3.47. The van der Waals surface area contributed by atoms with Crippen LogP contribution in [0, 0.1) is 0 Å². The first-order chi connectivity index (χ1) is 12.4. The van der Waals surface area contributed by atoms with Crippen LogP contribution in [0.1, 0.15) is 26.2 Å². The predicted octanol–water partition coefficient (Wildman–Crippen LogP) is 4.44. The number of hydrogen-bond acceptors (Lipinski definition) is 0. The van der Waals surface area contributed by atoms with Crippen molar-refractivity contribution in [2.75, 3.05) is 0 Å². The summed E-state index contributed by atoms with van der Waals surface area (Å²) in [4.78, 5) is 0. The summed E-state index contributed by atoms with van der Waals surface area (Å²) in [5, 5.41) is 0. The minimum absolute atomic E-state index is 1.17.